The van der Waals surface area contributed by atoms with E-state index in [0.29, 0.717) is 42.4 Å². The summed E-state index contributed by atoms with van der Waals surface area (Å²) in [4.78, 5) is 15.5. The van der Waals surface area contributed by atoms with Crippen molar-refractivity contribution >= 4 is 5.78 Å². The summed E-state index contributed by atoms with van der Waals surface area (Å²) >= 11 is 0. The normalized spacial score (nSPS) is 15.6. The van der Waals surface area contributed by atoms with Crippen molar-refractivity contribution in [3.63, 3.8) is 0 Å². The fraction of sp³-hybridized carbons (Fsp3) is 0.458. The molecule has 2 aliphatic rings. The van der Waals surface area contributed by atoms with Crippen molar-refractivity contribution in [2.24, 2.45) is 0 Å². The first-order valence-corrected chi connectivity index (χ1v) is 10.8. The van der Waals surface area contributed by atoms with Crippen LogP contribution in [0.1, 0.15) is 36.2 Å². The van der Waals surface area contributed by atoms with Crippen LogP contribution in [0.15, 0.2) is 30.3 Å². The van der Waals surface area contributed by atoms with E-state index in [2.05, 4.69) is 4.90 Å². The van der Waals surface area contributed by atoms with Gasteiger partial charge in [0.15, 0.2) is 5.78 Å². The van der Waals surface area contributed by atoms with E-state index < -0.39 is 0 Å². The van der Waals surface area contributed by atoms with Crippen LogP contribution in [-0.4, -0.2) is 63.4 Å². The molecule has 0 amide bonds. The summed E-state index contributed by atoms with van der Waals surface area (Å²) in [5.74, 6) is 2.02. The van der Waals surface area contributed by atoms with Crippen LogP contribution in [0.3, 0.4) is 0 Å². The van der Waals surface area contributed by atoms with Gasteiger partial charge >= 0.3 is 0 Å². The molecule has 1 heterocycles. The molecule has 0 bridgehead atoms. The number of ketones is 1. The number of carbonyl (C=O) groups is 1. The van der Waals surface area contributed by atoms with Gasteiger partial charge in [-0.15, -0.1) is 0 Å². The monoisotopic (exact) mass is 411 g/mol. The fourth-order valence-corrected chi connectivity index (χ4v) is 4.09. The van der Waals surface area contributed by atoms with Crippen molar-refractivity contribution < 1.29 is 23.7 Å². The molecule has 1 saturated heterocycles. The van der Waals surface area contributed by atoms with E-state index >= 15 is 0 Å². The molecule has 0 atom stereocenters. The molecule has 0 spiro atoms. The highest BCUT2D eigenvalue weighted by Gasteiger charge is 2.33. The SMILES string of the molecule is CCOc1cc(OCC)c2c(c1)C(=O)c1cccc(OCCCN3CCOCC3)c1-2. The van der Waals surface area contributed by atoms with Gasteiger partial charge in [0.2, 0.25) is 0 Å². The summed E-state index contributed by atoms with van der Waals surface area (Å²) in [5, 5.41) is 0. The Morgan fingerprint density at radius 1 is 0.933 bits per heavy atom. The van der Waals surface area contributed by atoms with E-state index in [1.165, 1.54) is 0 Å². The van der Waals surface area contributed by atoms with Gasteiger partial charge in [0.25, 0.3) is 0 Å². The first kappa shape index (κ1) is 20.7. The standard InChI is InChI=1S/C24H29NO5/c1-3-28-17-15-19-23(21(16-17)29-4-2)22-18(24(19)26)7-5-8-20(22)30-12-6-9-25-10-13-27-14-11-25/h5,7-8,15-16H,3-4,6,9-14H2,1-2H3. The van der Waals surface area contributed by atoms with Crippen LogP contribution < -0.4 is 14.2 Å². The van der Waals surface area contributed by atoms with E-state index in [0.717, 1.165) is 56.1 Å². The smallest absolute Gasteiger partial charge is 0.194 e. The minimum atomic E-state index is -0.0127. The van der Waals surface area contributed by atoms with Crippen LogP contribution in [0, 0.1) is 0 Å². The summed E-state index contributed by atoms with van der Waals surface area (Å²) in [6.45, 7) is 10.0. The highest BCUT2D eigenvalue weighted by Crippen LogP contribution is 2.49. The van der Waals surface area contributed by atoms with Gasteiger partial charge in [0.1, 0.15) is 17.2 Å². The molecule has 1 aliphatic heterocycles. The molecule has 1 fully saturated rings. The molecular formula is C24H29NO5. The quantitative estimate of drug-likeness (QED) is 0.499. The highest BCUT2D eigenvalue weighted by molar-refractivity contribution is 6.23. The lowest BCUT2D eigenvalue weighted by Crippen LogP contribution is -2.37. The van der Waals surface area contributed by atoms with Gasteiger partial charge in [-0.05, 0) is 32.4 Å². The maximum Gasteiger partial charge on any atom is 0.194 e. The Balaban J connectivity index is 1.57. The first-order valence-electron chi connectivity index (χ1n) is 10.8. The first-order chi connectivity index (χ1) is 14.7. The van der Waals surface area contributed by atoms with Crippen LogP contribution >= 0.6 is 0 Å². The number of rotatable bonds is 9. The lowest BCUT2D eigenvalue weighted by molar-refractivity contribution is 0.0358. The Hall–Kier alpha value is -2.57. The maximum absolute atomic E-state index is 13.1. The number of carbonyl (C=O) groups excluding carboxylic acids is 1. The molecule has 2 aromatic carbocycles. The van der Waals surface area contributed by atoms with Crippen molar-refractivity contribution in [2.75, 3.05) is 52.7 Å². The third-order valence-electron chi connectivity index (χ3n) is 5.43. The van der Waals surface area contributed by atoms with Crippen LogP contribution in [0.5, 0.6) is 17.2 Å². The van der Waals surface area contributed by atoms with E-state index in [-0.39, 0.29) is 5.78 Å². The Morgan fingerprint density at radius 2 is 1.70 bits per heavy atom. The van der Waals surface area contributed by atoms with Gasteiger partial charge in [-0.3, -0.25) is 9.69 Å². The van der Waals surface area contributed by atoms with E-state index in [1.54, 1.807) is 0 Å². The topological polar surface area (TPSA) is 57.2 Å². The van der Waals surface area contributed by atoms with Gasteiger partial charge in [0.05, 0.1) is 33.0 Å². The molecule has 160 valence electrons. The maximum atomic E-state index is 13.1. The molecule has 1 aliphatic carbocycles. The van der Waals surface area contributed by atoms with Crippen LogP contribution in [0.4, 0.5) is 0 Å². The van der Waals surface area contributed by atoms with Gasteiger partial charge in [0, 0.05) is 48.0 Å². The number of hydrogen-bond donors (Lipinski definition) is 0. The number of morpholine rings is 1. The summed E-state index contributed by atoms with van der Waals surface area (Å²) in [6.07, 6.45) is 0.923. The lowest BCUT2D eigenvalue weighted by Gasteiger charge is -2.26. The van der Waals surface area contributed by atoms with Gasteiger partial charge in [-0.2, -0.15) is 0 Å². The molecule has 0 aromatic heterocycles. The predicted octanol–water partition coefficient (Wildman–Crippen LogP) is 3.80. The summed E-state index contributed by atoms with van der Waals surface area (Å²) in [6, 6.07) is 9.34. The summed E-state index contributed by atoms with van der Waals surface area (Å²) in [5.41, 5.74) is 2.91. The zero-order valence-electron chi connectivity index (χ0n) is 17.7. The molecule has 6 heteroatoms. The van der Waals surface area contributed by atoms with Crippen molar-refractivity contribution in [3.8, 4) is 28.4 Å². The molecule has 0 unspecified atom stereocenters. The van der Waals surface area contributed by atoms with Crippen LogP contribution in [0.2, 0.25) is 0 Å². The second-order valence-corrected chi connectivity index (χ2v) is 7.37. The van der Waals surface area contributed by atoms with Crippen LogP contribution in [0.25, 0.3) is 11.1 Å². The van der Waals surface area contributed by atoms with Gasteiger partial charge in [-0.25, -0.2) is 0 Å². The second kappa shape index (κ2) is 9.49. The zero-order chi connectivity index (χ0) is 20.9. The Morgan fingerprint density at radius 3 is 2.47 bits per heavy atom. The predicted molar refractivity (Wildman–Crippen MR) is 115 cm³/mol. The lowest BCUT2D eigenvalue weighted by atomic mass is 10.0. The molecule has 2 aromatic rings. The third kappa shape index (κ3) is 4.16. The Bertz CT molecular complexity index is 905. The minimum Gasteiger partial charge on any atom is -0.494 e. The minimum absolute atomic E-state index is 0.0127. The number of fused-ring (bicyclic) bond motifs is 3. The van der Waals surface area contributed by atoms with Crippen molar-refractivity contribution in [1.29, 1.82) is 0 Å². The highest BCUT2D eigenvalue weighted by atomic mass is 16.5. The number of benzene rings is 2. The van der Waals surface area contributed by atoms with Crippen molar-refractivity contribution in [2.45, 2.75) is 20.3 Å². The van der Waals surface area contributed by atoms with Crippen molar-refractivity contribution in [1.82, 2.24) is 4.90 Å². The van der Waals surface area contributed by atoms with E-state index in [1.807, 2.05) is 44.2 Å². The van der Waals surface area contributed by atoms with Crippen molar-refractivity contribution in [3.05, 3.63) is 41.5 Å². The van der Waals surface area contributed by atoms with Gasteiger partial charge < -0.3 is 18.9 Å². The summed E-state index contributed by atoms with van der Waals surface area (Å²) < 4.78 is 23.1. The Labute approximate surface area is 177 Å². The molecule has 4 rings (SSSR count). The van der Waals surface area contributed by atoms with E-state index in [4.69, 9.17) is 18.9 Å². The number of hydrogen-bond acceptors (Lipinski definition) is 6. The van der Waals surface area contributed by atoms with Gasteiger partial charge in [-0.1, -0.05) is 12.1 Å². The molecule has 30 heavy (non-hydrogen) atoms. The molecule has 0 N–H and O–H groups in total. The zero-order valence-corrected chi connectivity index (χ0v) is 17.7. The Kier molecular flexibility index (Phi) is 6.55. The second-order valence-electron chi connectivity index (χ2n) is 7.37. The number of nitrogens with zero attached hydrogens (tertiary/aromatic N) is 1. The average Bonchev–Trinajstić information content (AvgIpc) is 3.06. The third-order valence-corrected chi connectivity index (χ3v) is 5.43. The molecule has 6 nitrogen and oxygen atoms in total. The van der Waals surface area contributed by atoms with Crippen LogP contribution in [-0.2, 0) is 4.74 Å². The molecular weight excluding hydrogens is 382 g/mol. The summed E-state index contributed by atoms with van der Waals surface area (Å²) in [7, 11) is 0. The molecule has 0 saturated carbocycles. The average molecular weight is 411 g/mol. The fourth-order valence-electron chi connectivity index (χ4n) is 4.09. The van der Waals surface area contributed by atoms with E-state index in [9.17, 15) is 4.79 Å². The molecule has 0 radical (unpaired) electrons. The largest absolute Gasteiger partial charge is 0.494 e. The number of ether oxygens (including phenoxy) is 4.